The van der Waals surface area contributed by atoms with Gasteiger partial charge in [-0.2, -0.15) is 13.2 Å². The van der Waals surface area contributed by atoms with Crippen molar-refractivity contribution in [3.8, 4) is 11.5 Å². The van der Waals surface area contributed by atoms with E-state index in [2.05, 4.69) is 10.6 Å². The average Bonchev–Trinajstić information content (AvgIpc) is 3.28. The Hall–Kier alpha value is -6.01. The molecule has 48 heavy (non-hydrogen) atoms. The first-order valence-electron chi connectivity index (χ1n) is 13.6. The van der Waals surface area contributed by atoms with Crippen LogP contribution in [0.2, 0.25) is 0 Å². The number of carbonyl (C=O) groups excluding carboxylic acids is 3. The number of hydrogen-bond acceptors (Lipinski definition) is 10. The van der Waals surface area contributed by atoms with Gasteiger partial charge in [-0.15, -0.1) is 0 Å². The molecule has 5 rings (SSSR count). The highest BCUT2D eigenvalue weighted by Crippen LogP contribution is 2.56. The van der Waals surface area contributed by atoms with Crippen molar-refractivity contribution in [2.75, 3.05) is 10.6 Å². The topological polar surface area (TPSA) is 258 Å². The number of carboxylic acids is 3. The fourth-order valence-corrected chi connectivity index (χ4v) is 4.86. The van der Waals surface area contributed by atoms with Crippen LogP contribution in [-0.2, 0) is 34.3 Å². The van der Waals surface area contributed by atoms with Crippen LogP contribution in [0.3, 0.4) is 0 Å². The van der Waals surface area contributed by atoms with E-state index in [1.54, 1.807) is 48.5 Å². The molecule has 2 aliphatic rings. The first-order chi connectivity index (χ1) is 22.4. The summed E-state index contributed by atoms with van der Waals surface area (Å²) in [5.41, 5.74) is 12.2. The fourth-order valence-electron chi connectivity index (χ4n) is 4.86. The number of carbonyl (C=O) groups is 6. The number of benzene rings is 3. The van der Waals surface area contributed by atoms with Crippen LogP contribution in [0.4, 0.5) is 24.5 Å². The molecule has 2 atom stereocenters. The van der Waals surface area contributed by atoms with Gasteiger partial charge in [-0.25, -0.2) is 9.59 Å². The molecule has 0 saturated carbocycles. The van der Waals surface area contributed by atoms with E-state index in [9.17, 15) is 37.1 Å². The van der Waals surface area contributed by atoms with Crippen LogP contribution in [-0.4, -0.2) is 69.3 Å². The van der Waals surface area contributed by atoms with Gasteiger partial charge in [-0.05, 0) is 30.3 Å². The highest BCUT2D eigenvalue weighted by molar-refractivity contribution is 5.99. The minimum absolute atomic E-state index is 0.206. The molecule has 2 heterocycles. The highest BCUT2D eigenvalue weighted by atomic mass is 19.4. The SMILES string of the molecule is N[C@@H](CC(=O)O)C(=O)Nc1ccc2c(c1)Oc1cc(NC(=O)[C@@H](N)CC(=O)O)ccc1C21OC(=O)c2ccccc21.O=C(O)C(F)(F)F. The number of esters is 1. The van der Waals surface area contributed by atoms with Crippen molar-refractivity contribution in [2.24, 2.45) is 11.5 Å². The summed E-state index contributed by atoms with van der Waals surface area (Å²) in [5, 5.41) is 30.1. The van der Waals surface area contributed by atoms with Crippen molar-refractivity contribution in [1.82, 2.24) is 0 Å². The van der Waals surface area contributed by atoms with Crippen molar-refractivity contribution in [2.45, 2.75) is 36.7 Å². The maximum Gasteiger partial charge on any atom is 0.490 e. The zero-order valence-corrected chi connectivity index (χ0v) is 24.2. The first-order valence-corrected chi connectivity index (χ1v) is 13.6. The quantitative estimate of drug-likeness (QED) is 0.170. The molecular formula is C30H25F3N4O11. The van der Waals surface area contributed by atoms with Crippen LogP contribution < -0.4 is 26.8 Å². The van der Waals surface area contributed by atoms with E-state index in [1.165, 1.54) is 12.1 Å². The predicted molar refractivity (Wildman–Crippen MR) is 156 cm³/mol. The summed E-state index contributed by atoms with van der Waals surface area (Å²) in [5.74, 6) is -6.81. The Morgan fingerprint density at radius 2 is 1.19 bits per heavy atom. The van der Waals surface area contributed by atoms with Crippen molar-refractivity contribution < 1.29 is 66.7 Å². The largest absolute Gasteiger partial charge is 0.490 e. The number of carboxylic acid groups (broad SMARTS) is 3. The summed E-state index contributed by atoms with van der Waals surface area (Å²) >= 11 is 0. The Kier molecular flexibility index (Phi) is 9.72. The van der Waals surface area contributed by atoms with Crippen molar-refractivity contribution >= 4 is 47.1 Å². The summed E-state index contributed by atoms with van der Waals surface area (Å²) < 4.78 is 44.0. The third-order valence-electron chi connectivity index (χ3n) is 6.95. The van der Waals surface area contributed by atoms with Crippen LogP contribution in [0.15, 0.2) is 60.7 Å². The number of amides is 2. The maximum absolute atomic E-state index is 13.0. The Morgan fingerprint density at radius 1 is 0.750 bits per heavy atom. The summed E-state index contributed by atoms with van der Waals surface area (Å²) in [7, 11) is 0. The van der Waals surface area contributed by atoms with Crippen LogP contribution in [0.1, 0.15) is 39.9 Å². The molecule has 0 aromatic heterocycles. The molecule has 0 radical (unpaired) electrons. The van der Waals surface area contributed by atoms with Gasteiger partial charge >= 0.3 is 30.1 Å². The summed E-state index contributed by atoms with van der Waals surface area (Å²) in [6.45, 7) is 0. The van der Waals surface area contributed by atoms with Gasteiger partial charge in [0.1, 0.15) is 11.5 Å². The fraction of sp³-hybridized carbons (Fsp3) is 0.200. The molecule has 0 unspecified atom stereocenters. The molecule has 2 aliphatic heterocycles. The molecule has 3 aromatic carbocycles. The molecule has 2 amide bonds. The first kappa shape index (κ1) is 34.9. The van der Waals surface area contributed by atoms with Gasteiger partial charge in [-0.1, -0.05) is 18.2 Å². The smallest absolute Gasteiger partial charge is 0.481 e. The minimum Gasteiger partial charge on any atom is -0.481 e. The Bertz CT molecular complexity index is 1740. The van der Waals surface area contributed by atoms with Gasteiger partial charge < -0.3 is 46.9 Å². The summed E-state index contributed by atoms with van der Waals surface area (Å²) in [6.07, 6.45) is -6.22. The van der Waals surface area contributed by atoms with Gasteiger partial charge in [0.05, 0.1) is 30.5 Å². The minimum atomic E-state index is -5.08. The Balaban J connectivity index is 0.000000671. The van der Waals surface area contributed by atoms with Crippen molar-refractivity contribution in [3.05, 3.63) is 82.9 Å². The number of halogens is 3. The molecule has 0 fully saturated rings. The molecule has 0 aliphatic carbocycles. The molecular weight excluding hydrogens is 649 g/mol. The van der Waals surface area contributed by atoms with Gasteiger partial charge in [0.25, 0.3) is 0 Å². The van der Waals surface area contributed by atoms with E-state index in [4.69, 9.17) is 41.1 Å². The number of aliphatic carboxylic acids is 3. The van der Waals surface area contributed by atoms with Crippen LogP contribution in [0.5, 0.6) is 11.5 Å². The van der Waals surface area contributed by atoms with Crippen molar-refractivity contribution in [1.29, 1.82) is 0 Å². The second-order valence-corrected chi connectivity index (χ2v) is 10.3. The van der Waals surface area contributed by atoms with Crippen LogP contribution in [0, 0.1) is 0 Å². The van der Waals surface area contributed by atoms with Crippen LogP contribution >= 0.6 is 0 Å². The lowest BCUT2D eigenvalue weighted by molar-refractivity contribution is -0.192. The number of ether oxygens (including phenoxy) is 2. The predicted octanol–water partition coefficient (Wildman–Crippen LogP) is 2.37. The number of nitrogens with one attached hydrogen (secondary N) is 2. The molecule has 3 aromatic rings. The van der Waals surface area contributed by atoms with E-state index in [-0.39, 0.29) is 22.9 Å². The Labute approximate surface area is 267 Å². The van der Waals surface area contributed by atoms with Gasteiger partial charge in [-0.3, -0.25) is 19.2 Å². The van der Waals surface area contributed by atoms with Gasteiger partial charge in [0, 0.05) is 40.2 Å². The number of anilines is 2. The van der Waals surface area contributed by atoms with E-state index < -0.39 is 72.4 Å². The zero-order valence-electron chi connectivity index (χ0n) is 24.2. The number of nitrogens with two attached hydrogens (primary N) is 2. The zero-order chi connectivity index (χ0) is 35.6. The number of fused-ring (bicyclic) bond motifs is 6. The standard InChI is InChI=1S/C28H24N4O9.C2HF3O2/c29-19(11-23(33)34)25(37)31-13-5-7-17-21(9-13)40-22-10-14(32-26(38)20(30)12-24(35)36)6-8-18(22)28(17)16-4-2-1-3-15(16)27(39)41-28;3-2(4,5)1(6)7/h1-10,19-20H,11-12,29-30H2,(H,31,37)(H,32,38)(H,33,34)(H,35,36);(H,6,7)/t19-,20-;/m0./s1. The molecule has 9 N–H and O–H groups in total. The lowest BCUT2D eigenvalue weighted by Gasteiger charge is -2.37. The van der Waals surface area contributed by atoms with Crippen LogP contribution in [0.25, 0.3) is 0 Å². The maximum atomic E-state index is 13.0. The van der Waals surface area contributed by atoms with E-state index in [0.717, 1.165) is 0 Å². The average molecular weight is 675 g/mol. The van der Waals surface area contributed by atoms with E-state index in [1.807, 2.05) is 0 Å². The van der Waals surface area contributed by atoms with Gasteiger partial charge in [0.2, 0.25) is 11.8 Å². The van der Waals surface area contributed by atoms with E-state index in [0.29, 0.717) is 22.3 Å². The lowest BCUT2D eigenvalue weighted by Crippen LogP contribution is -2.37. The number of rotatable bonds is 8. The molecule has 0 saturated heterocycles. The molecule has 0 bridgehead atoms. The third kappa shape index (κ3) is 7.18. The normalized spacial score (nSPS) is 14.7. The lowest BCUT2D eigenvalue weighted by atomic mass is 9.77. The molecule has 15 nitrogen and oxygen atoms in total. The third-order valence-corrected chi connectivity index (χ3v) is 6.95. The second kappa shape index (κ2) is 13.4. The molecule has 1 spiro atoms. The van der Waals surface area contributed by atoms with E-state index >= 15 is 0 Å². The second-order valence-electron chi connectivity index (χ2n) is 10.3. The van der Waals surface area contributed by atoms with Gasteiger partial charge in [0.15, 0.2) is 5.60 Å². The monoisotopic (exact) mass is 674 g/mol. The van der Waals surface area contributed by atoms with Crippen molar-refractivity contribution in [3.63, 3.8) is 0 Å². The Morgan fingerprint density at radius 3 is 1.60 bits per heavy atom. The summed E-state index contributed by atoms with van der Waals surface area (Å²) in [4.78, 5) is 68.7. The molecule has 18 heteroatoms. The summed E-state index contributed by atoms with van der Waals surface area (Å²) in [6, 6.07) is 13.6. The highest BCUT2D eigenvalue weighted by Gasteiger charge is 2.53. The number of alkyl halides is 3. The molecule has 252 valence electrons. The number of hydrogen-bond donors (Lipinski definition) is 7.